The average molecular weight is 499 g/mol. The molecule has 0 saturated carbocycles. The van der Waals surface area contributed by atoms with Crippen molar-refractivity contribution in [2.75, 3.05) is 9.80 Å². The summed E-state index contributed by atoms with van der Waals surface area (Å²) < 4.78 is 5.99. The molecule has 5 rings (SSSR count). The van der Waals surface area contributed by atoms with Crippen molar-refractivity contribution < 1.29 is 14.0 Å². The predicted octanol–water partition coefficient (Wildman–Crippen LogP) is 7.52. The zero-order chi connectivity index (χ0) is 25.2. The number of nitrogens with zero attached hydrogens (tertiary/aromatic N) is 2. The van der Waals surface area contributed by atoms with E-state index in [0.717, 1.165) is 22.5 Å². The van der Waals surface area contributed by atoms with Crippen LogP contribution in [0.5, 0.6) is 0 Å². The predicted molar refractivity (Wildman–Crippen MR) is 143 cm³/mol. The summed E-state index contributed by atoms with van der Waals surface area (Å²) >= 11 is 6.01. The highest BCUT2D eigenvalue weighted by molar-refractivity contribution is 6.30. The summed E-state index contributed by atoms with van der Waals surface area (Å²) in [7, 11) is 0. The molecule has 4 aromatic rings. The topological polar surface area (TPSA) is 53.8 Å². The van der Waals surface area contributed by atoms with Gasteiger partial charge in [0.2, 0.25) is 5.91 Å². The maximum atomic E-state index is 13.7. The van der Waals surface area contributed by atoms with Crippen molar-refractivity contribution in [1.82, 2.24) is 0 Å². The third-order valence-corrected chi connectivity index (χ3v) is 6.89. The molecule has 0 radical (unpaired) electrons. The van der Waals surface area contributed by atoms with Gasteiger partial charge in [-0.3, -0.25) is 9.59 Å². The molecule has 2 amide bonds. The van der Waals surface area contributed by atoms with Crippen LogP contribution in [-0.2, 0) is 4.79 Å². The Morgan fingerprint density at radius 1 is 0.944 bits per heavy atom. The van der Waals surface area contributed by atoms with Crippen molar-refractivity contribution in [2.24, 2.45) is 0 Å². The lowest BCUT2D eigenvalue weighted by atomic mass is 9.89. The van der Waals surface area contributed by atoms with Crippen molar-refractivity contribution in [3.05, 3.63) is 107 Å². The highest BCUT2D eigenvalue weighted by Crippen LogP contribution is 2.43. The normalized spacial score (nSPS) is 16.9. The summed E-state index contributed by atoms with van der Waals surface area (Å²) in [4.78, 5) is 30.5. The number of para-hydroxylation sites is 2. The number of carbonyl (C=O) groups excluding carboxylic acids is 2. The fraction of sp³-hybridized carbons (Fsp3) is 0.200. The fourth-order valence-corrected chi connectivity index (χ4v) is 5.06. The number of hydrogen-bond acceptors (Lipinski definition) is 3. The van der Waals surface area contributed by atoms with E-state index in [0.29, 0.717) is 23.6 Å². The van der Waals surface area contributed by atoms with E-state index < -0.39 is 0 Å². The van der Waals surface area contributed by atoms with Crippen LogP contribution < -0.4 is 9.80 Å². The molecule has 1 aliphatic heterocycles. The van der Waals surface area contributed by atoms with E-state index in [4.69, 9.17) is 16.0 Å². The Hall–Kier alpha value is -3.83. The number of amides is 2. The van der Waals surface area contributed by atoms with E-state index in [1.54, 1.807) is 29.2 Å². The number of halogens is 1. The summed E-state index contributed by atoms with van der Waals surface area (Å²) in [6.45, 7) is 3.89. The van der Waals surface area contributed by atoms with Gasteiger partial charge in [-0.25, -0.2) is 0 Å². The van der Waals surface area contributed by atoms with E-state index >= 15 is 0 Å². The minimum absolute atomic E-state index is 0.0478. The van der Waals surface area contributed by atoms with Crippen LogP contribution in [0.1, 0.15) is 48.8 Å². The summed E-state index contributed by atoms with van der Waals surface area (Å²) in [5.41, 5.74) is 3.44. The molecule has 1 aromatic heterocycles. The first-order valence-electron chi connectivity index (χ1n) is 12.1. The van der Waals surface area contributed by atoms with Crippen molar-refractivity contribution in [3.63, 3.8) is 0 Å². The van der Waals surface area contributed by atoms with Gasteiger partial charge in [0.1, 0.15) is 5.76 Å². The van der Waals surface area contributed by atoms with Gasteiger partial charge in [0.15, 0.2) is 5.76 Å². The molecule has 0 saturated heterocycles. The molecule has 6 heteroatoms. The van der Waals surface area contributed by atoms with Crippen LogP contribution in [-0.4, -0.2) is 17.9 Å². The molecule has 3 aromatic carbocycles. The van der Waals surface area contributed by atoms with Crippen molar-refractivity contribution in [3.8, 4) is 11.3 Å². The van der Waals surface area contributed by atoms with Crippen molar-refractivity contribution in [2.45, 2.75) is 38.8 Å². The standard InChI is InChI=1S/C30H27ClN2O3/c1-3-29(34)33(23-9-5-4-6-10-23)26-19-20(2)32(25-12-8-7-11-24(25)26)30(35)28-18-17-27(36-28)21-13-15-22(31)16-14-21/h4-18,20,26H,3,19H2,1-2H3/t20-,26+/m0/s1. The molecule has 0 fully saturated rings. The minimum Gasteiger partial charge on any atom is -0.451 e. The van der Waals surface area contributed by atoms with Crippen LogP contribution in [0.4, 0.5) is 11.4 Å². The van der Waals surface area contributed by atoms with Gasteiger partial charge in [0.05, 0.1) is 6.04 Å². The second kappa shape index (κ2) is 10.0. The second-order valence-corrected chi connectivity index (χ2v) is 9.39. The van der Waals surface area contributed by atoms with Gasteiger partial charge in [-0.15, -0.1) is 0 Å². The number of carbonyl (C=O) groups is 2. The molecule has 0 unspecified atom stereocenters. The lowest BCUT2D eigenvalue weighted by molar-refractivity contribution is -0.118. The Bertz CT molecular complexity index is 1380. The summed E-state index contributed by atoms with van der Waals surface area (Å²) in [5, 5.41) is 0.640. The van der Waals surface area contributed by atoms with Gasteiger partial charge in [-0.2, -0.15) is 0 Å². The number of furan rings is 1. The van der Waals surface area contributed by atoms with E-state index in [1.807, 2.05) is 85.5 Å². The van der Waals surface area contributed by atoms with E-state index in [-0.39, 0.29) is 29.7 Å². The van der Waals surface area contributed by atoms with Crippen LogP contribution in [0, 0.1) is 0 Å². The molecule has 1 aliphatic rings. The van der Waals surface area contributed by atoms with Crippen LogP contribution in [0.25, 0.3) is 11.3 Å². The Balaban J connectivity index is 1.51. The van der Waals surface area contributed by atoms with Crippen LogP contribution >= 0.6 is 11.6 Å². The molecular formula is C30H27ClN2O3. The molecule has 2 heterocycles. The summed E-state index contributed by atoms with van der Waals surface area (Å²) in [6, 6.07) is 28.0. The van der Waals surface area contributed by atoms with Crippen molar-refractivity contribution in [1.29, 1.82) is 0 Å². The first-order valence-corrected chi connectivity index (χ1v) is 12.5. The third-order valence-electron chi connectivity index (χ3n) is 6.64. The summed E-state index contributed by atoms with van der Waals surface area (Å²) in [5.74, 6) is 0.715. The van der Waals surface area contributed by atoms with Crippen LogP contribution in [0.3, 0.4) is 0 Å². The first kappa shape index (κ1) is 23.9. The maximum absolute atomic E-state index is 13.7. The number of benzene rings is 3. The van der Waals surface area contributed by atoms with E-state index in [9.17, 15) is 9.59 Å². The molecule has 182 valence electrons. The molecule has 0 N–H and O–H groups in total. The van der Waals surface area contributed by atoms with E-state index in [2.05, 4.69) is 0 Å². The molecule has 36 heavy (non-hydrogen) atoms. The van der Waals surface area contributed by atoms with Crippen LogP contribution in [0.15, 0.2) is 95.4 Å². The smallest absolute Gasteiger partial charge is 0.294 e. The van der Waals surface area contributed by atoms with Gasteiger partial charge in [-0.1, -0.05) is 54.9 Å². The number of rotatable bonds is 5. The molecule has 0 bridgehead atoms. The SMILES string of the molecule is CCC(=O)N(c1ccccc1)[C@@H]1C[C@H](C)N(C(=O)c2ccc(-c3ccc(Cl)cc3)o2)c2ccccc21. The Morgan fingerprint density at radius 2 is 1.64 bits per heavy atom. The summed E-state index contributed by atoms with van der Waals surface area (Å²) in [6.07, 6.45) is 0.999. The molecule has 0 spiro atoms. The minimum atomic E-state index is -0.207. The van der Waals surface area contributed by atoms with Gasteiger partial charge < -0.3 is 14.2 Å². The largest absolute Gasteiger partial charge is 0.451 e. The zero-order valence-electron chi connectivity index (χ0n) is 20.2. The van der Waals surface area contributed by atoms with Crippen LogP contribution in [0.2, 0.25) is 5.02 Å². The Labute approximate surface area is 215 Å². The van der Waals surface area contributed by atoms with Gasteiger partial charge in [0, 0.05) is 34.4 Å². The van der Waals surface area contributed by atoms with Crippen molar-refractivity contribution >= 4 is 34.8 Å². The maximum Gasteiger partial charge on any atom is 0.294 e. The first-order chi connectivity index (χ1) is 17.5. The number of hydrogen-bond donors (Lipinski definition) is 0. The monoisotopic (exact) mass is 498 g/mol. The lowest BCUT2D eigenvalue weighted by Gasteiger charge is -2.43. The average Bonchev–Trinajstić information content (AvgIpc) is 3.40. The number of fused-ring (bicyclic) bond motifs is 1. The highest BCUT2D eigenvalue weighted by Gasteiger charge is 2.39. The third kappa shape index (κ3) is 4.42. The Morgan fingerprint density at radius 3 is 2.36 bits per heavy atom. The molecule has 0 aliphatic carbocycles. The highest BCUT2D eigenvalue weighted by atomic mass is 35.5. The van der Waals surface area contributed by atoms with Gasteiger partial charge in [0.25, 0.3) is 5.91 Å². The van der Waals surface area contributed by atoms with E-state index in [1.165, 1.54) is 0 Å². The Kier molecular flexibility index (Phi) is 6.66. The fourth-order valence-electron chi connectivity index (χ4n) is 4.93. The van der Waals surface area contributed by atoms with Gasteiger partial charge in [-0.05, 0) is 73.5 Å². The molecule has 2 atom stereocenters. The second-order valence-electron chi connectivity index (χ2n) is 8.96. The molecular weight excluding hydrogens is 472 g/mol. The quantitative estimate of drug-likeness (QED) is 0.286. The van der Waals surface area contributed by atoms with Gasteiger partial charge >= 0.3 is 0 Å². The zero-order valence-corrected chi connectivity index (χ0v) is 21.0. The lowest BCUT2D eigenvalue weighted by Crippen LogP contribution is -2.47. The number of anilines is 2. The molecule has 5 nitrogen and oxygen atoms in total.